The number of aromatic nitrogens is 1. The summed E-state index contributed by atoms with van der Waals surface area (Å²) in [5, 5.41) is 7.66. The van der Waals surface area contributed by atoms with Crippen molar-refractivity contribution < 1.29 is 0 Å². The molecule has 0 bridgehead atoms. The highest BCUT2D eigenvalue weighted by Crippen LogP contribution is 2.43. The van der Waals surface area contributed by atoms with Gasteiger partial charge < -0.3 is 9.47 Å². The summed E-state index contributed by atoms with van der Waals surface area (Å²) in [4.78, 5) is 2.39. The largest absolute Gasteiger partial charge is 0.310 e. The molecular formula is C58H38N2S. The average molecular weight is 795 g/mol. The van der Waals surface area contributed by atoms with Gasteiger partial charge in [0.25, 0.3) is 0 Å². The fourth-order valence-corrected chi connectivity index (χ4v) is 10.4. The molecule has 0 saturated carbocycles. The van der Waals surface area contributed by atoms with Crippen molar-refractivity contribution in [2.75, 3.05) is 4.90 Å². The minimum atomic E-state index is 1.09. The summed E-state index contributed by atoms with van der Waals surface area (Å²) in [6, 6.07) is 84.2. The van der Waals surface area contributed by atoms with Crippen LogP contribution in [0, 0.1) is 0 Å². The van der Waals surface area contributed by atoms with Crippen molar-refractivity contribution in [3.63, 3.8) is 0 Å². The van der Waals surface area contributed by atoms with Crippen molar-refractivity contribution in [3.05, 3.63) is 231 Å². The van der Waals surface area contributed by atoms with Crippen molar-refractivity contribution >= 4 is 81.1 Å². The molecule has 12 rings (SSSR count). The van der Waals surface area contributed by atoms with Crippen LogP contribution in [-0.4, -0.2) is 4.57 Å². The van der Waals surface area contributed by atoms with Crippen molar-refractivity contribution in [3.8, 4) is 39.1 Å². The highest BCUT2D eigenvalue weighted by atomic mass is 32.1. The second-order valence-electron chi connectivity index (χ2n) is 15.7. The first kappa shape index (κ1) is 35.2. The number of fused-ring (bicyclic) bond motifs is 7. The van der Waals surface area contributed by atoms with E-state index in [2.05, 4.69) is 240 Å². The molecule has 61 heavy (non-hydrogen) atoms. The third-order valence-electron chi connectivity index (χ3n) is 12.2. The number of thiophene rings is 1. The van der Waals surface area contributed by atoms with Crippen LogP contribution in [0.4, 0.5) is 17.1 Å². The predicted molar refractivity (Wildman–Crippen MR) is 262 cm³/mol. The molecule has 286 valence electrons. The predicted octanol–water partition coefficient (Wildman–Crippen LogP) is 16.8. The third kappa shape index (κ3) is 6.09. The minimum absolute atomic E-state index is 1.09. The Morgan fingerprint density at radius 2 is 0.885 bits per heavy atom. The van der Waals surface area contributed by atoms with E-state index in [9.17, 15) is 0 Å². The number of hydrogen-bond acceptors (Lipinski definition) is 2. The van der Waals surface area contributed by atoms with Crippen molar-refractivity contribution in [1.29, 1.82) is 0 Å². The molecule has 0 unspecified atom stereocenters. The van der Waals surface area contributed by atoms with E-state index in [1.165, 1.54) is 86.1 Å². The maximum atomic E-state index is 2.40. The first-order valence-electron chi connectivity index (χ1n) is 20.8. The van der Waals surface area contributed by atoms with Gasteiger partial charge in [0.2, 0.25) is 0 Å². The highest BCUT2D eigenvalue weighted by molar-refractivity contribution is 7.25. The molecule has 0 aliphatic heterocycles. The lowest BCUT2D eigenvalue weighted by Crippen LogP contribution is -2.10. The molecule has 3 heteroatoms. The Morgan fingerprint density at radius 1 is 0.328 bits per heavy atom. The van der Waals surface area contributed by atoms with Gasteiger partial charge in [-0.3, -0.25) is 0 Å². The van der Waals surface area contributed by atoms with Crippen LogP contribution in [-0.2, 0) is 0 Å². The van der Waals surface area contributed by atoms with Crippen LogP contribution in [0.1, 0.15) is 0 Å². The zero-order valence-corrected chi connectivity index (χ0v) is 34.1. The molecular weight excluding hydrogens is 757 g/mol. The van der Waals surface area contributed by atoms with E-state index in [-0.39, 0.29) is 0 Å². The molecule has 0 aliphatic carbocycles. The first-order chi connectivity index (χ1) is 30.2. The molecule has 2 aromatic heterocycles. The normalized spacial score (nSPS) is 11.6. The van der Waals surface area contributed by atoms with E-state index in [0.717, 1.165) is 22.7 Å². The molecule has 0 spiro atoms. The van der Waals surface area contributed by atoms with Crippen LogP contribution >= 0.6 is 11.3 Å². The zero-order valence-electron chi connectivity index (χ0n) is 33.2. The number of rotatable bonds is 7. The quantitative estimate of drug-likeness (QED) is 0.156. The second kappa shape index (κ2) is 14.5. The molecule has 2 nitrogen and oxygen atoms in total. The van der Waals surface area contributed by atoms with Gasteiger partial charge in [0, 0.05) is 53.7 Å². The van der Waals surface area contributed by atoms with E-state index in [1.54, 1.807) is 0 Å². The SMILES string of the molecule is c1cc(-c2ccc(N(c3ccc(-c4cccc5sc6ccccc6c45)cc3)c3cccc(-n4c5ccccc5c5ccccc54)c3)cc2)cc(-c2ccc3ccccc3c2)c1. The van der Waals surface area contributed by atoms with Crippen LogP contribution in [0.3, 0.4) is 0 Å². The summed E-state index contributed by atoms with van der Waals surface area (Å²) in [5.74, 6) is 0. The highest BCUT2D eigenvalue weighted by Gasteiger charge is 2.18. The Labute approximate surface area is 358 Å². The van der Waals surface area contributed by atoms with Crippen molar-refractivity contribution in [2.45, 2.75) is 0 Å². The summed E-state index contributed by atoms with van der Waals surface area (Å²) in [6.45, 7) is 0. The van der Waals surface area contributed by atoms with E-state index in [1.807, 2.05) is 11.3 Å². The molecule has 0 saturated heterocycles. The average Bonchev–Trinajstić information content (AvgIpc) is 3.88. The Bertz CT molecular complexity index is 3540. The standard InChI is InChI=1S/C58H38N2S/c1-2-13-42-37-45(27-26-39(42)12-1)44-15-9-14-43(36-44)40-28-32-46(33-29-40)59(47-34-30-41(31-35-47)50-21-11-25-57-58(50)53-20-5-8-24-56(53)61-57)48-16-10-17-49(38-48)60-54-22-6-3-18-51(54)52-19-4-7-23-55(52)60/h1-38H. The lowest BCUT2D eigenvalue weighted by atomic mass is 9.97. The summed E-state index contributed by atoms with van der Waals surface area (Å²) in [7, 11) is 0. The van der Waals surface area contributed by atoms with Crippen LogP contribution in [0.15, 0.2) is 231 Å². The summed E-state index contributed by atoms with van der Waals surface area (Å²) >= 11 is 1.86. The van der Waals surface area contributed by atoms with E-state index in [0.29, 0.717) is 0 Å². The molecule has 0 amide bonds. The molecule has 2 heterocycles. The summed E-state index contributed by atoms with van der Waals surface area (Å²) in [6.07, 6.45) is 0. The second-order valence-corrected chi connectivity index (χ2v) is 16.8. The summed E-state index contributed by atoms with van der Waals surface area (Å²) in [5.41, 5.74) is 14.1. The lowest BCUT2D eigenvalue weighted by Gasteiger charge is -2.27. The Kier molecular flexibility index (Phi) is 8.39. The van der Waals surface area contributed by atoms with Gasteiger partial charge in [0.1, 0.15) is 0 Å². The van der Waals surface area contributed by atoms with Gasteiger partial charge >= 0.3 is 0 Å². The van der Waals surface area contributed by atoms with Crippen LogP contribution < -0.4 is 4.90 Å². The van der Waals surface area contributed by atoms with Gasteiger partial charge in [-0.05, 0) is 123 Å². The number of para-hydroxylation sites is 2. The van der Waals surface area contributed by atoms with E-state index >= 15 is 0 Å². The van der Waals surface area contributed by atoms with Crippen molar-refractivity contribution in [1.82, 2.24) is 4.57 Å². The molecule has 0 fully saturated rings. The Hall–Kier alpha value is -7.72. The molecule has 0 atom stereocenters. The smallest absolute Gasteiger partial charge is 0.0541 e. The number of nitrogens with zero attached hydrogens (tertiary/aromatic N) is 2. The maximum Gasteiger partial charge on any atom is 0.0541 e. The first-order valence-corrected chi connectivity index (χ1v) is 21.6. The topological polar surface area (TPSA) is 8.17 Å². The molecule has 12 aromatic rings. The van der Waals surface area contributed by atoms with Gasteiger partial charge in [-0.1, -0.05) is 152 Å². The molecule has 10 aromatic carbocycles. The third-order valence-corrected chi connectivity index (χ3v) is 13.3. The van der Waals surface area contributed by atoms with Gasteiger partial charge in [-0.25, -0.2) is 0 Å². The van der Waals surface area contributed by atoms with E-state index in [4.69, 9.17) is 0 Å². The van der Waals surface area contributed by atoms with Gasteiger partial charge in [-0.15, -0.1) is 11.3 Å². The zero-order chi connectivity index (χ0) is 40.3. The van der Waals surface area contributed by atoms with E-state index < -0.39 is 0 Å². The number of anilines is 3. The van der Waals surface area contributed by atoms with Gasteiger partial charge in [0.05, 0.1) is 11.0 Å². The van der Waals surface area contributed by atoms with Crippen LogP contribution in [0.25, 0.3) is 91.8 Å². The maximum absolute atomic E-state index is 2.40. The van der Waals surface area contributed by atoms with Gasteiger partial charge in [-0.2, -0.15) is 0 Å². The lowest BCUT2D eigenvalue weighted by molar-refractivity contribution is 1.17. The monoisotopic (exact) mass is 794 g/mol. The fourth-order valence-electron chi connectivity index (χ4n) is 9.27. The Morgan fingerprint density at radius 3 is 1.64 bits per heavy atom. The Balaban J connectivity index is 0.966. The number of hydrogen-bond donors (Lipinski definition) is 0. The van der Waals surface area contributed by atoms with Crippen LogP contribution in [0.2, 0.25) is 0 Å². The van der Waals surface area contributed by atoms with Gasteiger partial charge in [0.15, 0.2) is 0 Å². The fraction of sp³-hybridized carbons (Fsp3) is 0. The number of benzene rings is 10. The molecule has 0 aliphatic rings. The van der Waals surface area contributed by atoms with Crippen molar-refractivity contribution in [2.24, 2.45) is 0 Å². The van der Waals surface area contributed by atoms with Crippen LogP contribution in [0.5, 0.6) is 0 Å². The molecule has 0 radical (unpaired) electrons. The summed E-state index contributed by atoms with van der Waals surface area (Å²) < 4.78 is 5.03. The minimum Gasteiger partial charge on any atom is -0.310 e. The molecule has 0 N–H and O–H groups in total.